The van der Waals surface area contributed by atoms with E-state index in [-0.39, 0.29) is 28.9 Å². The number of nitrogens with one attached hydrogen (secondary N) is 1. The zero-order valence-electron chi connectivity index (χ0n) is 11.7. The Bertz CT molecular complexity index is 667. The van der Waals surface area contributed by atoms with Gasteiger partial charge in [0, 0.05) is 31.7 Å². The van der Waals surface area contributed by atoms with Gasteiger partial charge in [-0.1, -0.05) is 6.07 Å². The summed E-state index contributed by atoms with van der Waals surface area (Å²) in [6.45, 7) is 0.949. The Morgan fingerprint density at radius 2 is 2.23 bits per heavy atom. The molecule has 10 heteroatoms. The van der Waals surface area contributed by atoms with Crippen molar-refractivity contribution in [2.24, 2.45) is 5.14 Å². The molecule has 22 heavy (non-hydrogen) atoms. The lowest BCUT2D eigenvalue weighted by Crippen LogP contribution is -2.28. The number of likely N-dealkylation sites (tertiary alicyclic amines) is 1. The first-order chi connectivity index (χ1) is 10.3. The number of rotatable bonds is 6. The minimum atomic E-state index is -4.10. The number of hydrogen-bond acceptors (Lipinski definition) is 6. The van der Waals surface area contributed by atoms with Crippen molar-refractivity contribution in [1.29, 1.82) is 0 Å². The van der Waals surface area contributed by atoms with Crippen molar-refractivity contribution in [3.8, 4) is 0 Å². The van der Waals surface area contributed by atoms with Gasteiger partial charge in [-0.2, -0.15) is 0 Å². The zero-order chi connectivity index (χ0) is 16.3. The van der Waals surface area contributed by atoms with Crippen LogP contribution >= 0.6 is 0 Å². The van der Waals surface area contributed by atoms with E-state index in [1.165, 1.54) is 18.2 Å². The molecular weight excluding hydrogens is 315 g/mol. The fourth-order valence-corrected chi connectivity index (χ4v) is 3.25. The quantitative estimate of drug-likeness (QED) is 0.584. The molecule has 0 aliphatic carbocycles. The third kappa shape index (κ3) is 3.70. The largest absolute Gasteiger partial charge is 0.374 e. The number of halogens is 1. The normalized spacial score (nSPS) is 19.3. The lowest BCUT2D eigenvalue weighted by Gasteiger charge is -2.17. The van der Waals surface area contributed by atoms with Crippen LogP contribution < -0.4 is 10.5 Å². The van der Waals surface area contributed by atoms with Crippen LogP contribution in [0.5, 0.6) is 0 Å². The summed E-state index contributed by atoms with van der Waals surface area (Å²) in [4.78, 5) is 12.0. The van der Waals surface area contributed by atoms with Gasteiger partial charge in [0.2, 0.25) is 10.0 Å². The molecule has 8 nitrogen and oxygen atoms in total. The highest BCUT2D eigenvalue weighted by molar-refractivity contribution is 7.89. The minimum Gasteiger partial charge on any atom is -0.374 e. The zero-order valence-corrected chi connectivity index (χ0v) is 12.6. The molecule has 0 bridgehead atoms. The summed E-state index contributed by atoms with van der Waals surface area (Å²) in [7, 11) is -4.10. The lowest BCUT2D eigenvalue weighted by atomic mass is 10.2. The van der Waals surface area contributed by atoms with Gasteiger partial charge in [0.1, 0.15) is 17.3 Å². The summed E-state index contributed by atoms with van der Waals surface area (Å²) in [6, 6.07) is 3.50. The summed E-state index contributed by atoms with van der Waals surface area (Å²) >= 11 is 0. The maximum atomic E-state index is 12.3. The van der Waals surface area contributed by atoms with Crippen molar-refractivity contribution in [3.63, 3.8) is 0 Å². The van der Waals surface area contributed by atoms with E-state index in [1.54, 1.807) is 0 Å². The maximum absolute atomic E-state index is 12.3. The molecule has 0 spiro atoms. The first-order valence-electron chi connectivity index (χ1n) is 6.68. The van der Waals surface area contributed by atoms with Crippen molar-refractivity contribution < 1.29 is 17.7 Å². The van der Waals surface area contributed by atoms with Gasteiger partial charge in [-0.3, -0.25) is 15.0 Å². The van der Waals surface area contributed by atoms with Crippen LogP contribution in [0.1, 0.15) is 6.42 Å². The molecule has 1 aromatic carbocycles. The lowest BCUT2D eigenvalue weighted by molar-refractivity contribution is -0.384. The number of nitro groups is 1. The molecule has 3 N–H and O–H groups in total. The molecule has 1 atom stereocenters. The van der Waals surface area contributed by atoms with Gasteiger partial charge in [-0.25, -0.2) is 17.9 Å². The van der Waals surface area contributed by atoms with E-state index in [4.69, 9.17) is 5.14 Å². The molecule has 2 rings (SSSR count). The summed E-state index contributed by atoms with van der Waals surface area (Å²) < 4.78 is 35.6. The highest BCUT2D eigenvalue weighted by atomic mass is 32.2. The van der Waals surface area contributed by atoms with E-state index in [1.807, 2.05) is 4.90 Å². The van der Waals surface area contributed by atoms with Gasteiger partial charge < -0.3 is 5.32 Å². The van der Waals surface area contributed by atoms with E-state index in [0.717, 1.165) is 0 Å². The number of nitrogens with two attached hydrogens (primary N) is 1. The van der Waals surface area contributed by atoms with Gasteiger partial charge >= 0.3 is 0 Å². The highest BCUT2D eigenvalue weighted by Crippen LogP contribution is 2.32. The van der Waals surface area contributed by atoms with Crippen molar-refractivity contribution in [1.82, 2.24) is 4.90 Å². The molecule has 122 valence electrons. The fraction of sp³-hybridized carbons (Fsp3) is 0.500. The van der Waals surface area contributed by atoms with Crippen LogP contribution in [-0.2, 0) is 10.0 Å². The predicted molar refractivity (Wildman–Crippen MR) is 78.9 cm³/mol. The van der Waals surface area contributed by atoms with Crippen LogP contribution in [0, 0.1) is 10.1 Å². The Kier molecular flexibility index (Phi) is 4.94. The topological polar surface area (TPSA) is 119 Å². The van der Waals surface area contributed by atoms with Gasteiger partial charge in [0.15, 0.2) is 0 Å². The number of hydrogen-bond donors (Lipinski definition) is 2. The average Bonchev–Trinajstić information content (AvgIpc) is 2.85. The minimum absolute atomic E-state index is 0.109. The molecule has 0 saturated carbocycles. The molecule has 0 amide bonds. The van der Waals surface area contributed by atoms with Crippen molar-refractivity contribution in [2.75, 3.05) is 31.6 Å². The summed E-state index contributed by atoms with van der Waals surface area (Å²) in [5.41, 5.74) is -0.461. The van der Waals surface area contributed by atoms with Crippen molar-refractivity contribution in [2.45, 2.75) is 17.4 Å². The van der Waals surface area contributed by atoms with Crippen LogP contribution in [0.3, 0.4) is 0 Å². The third-order valence-electron chi connectivity index (χ3n) is 3.53. The maximum Gasteiger partial charge on any atom is 0.293 e. The molecule has 1 aromatic rings. The Balaban J connectivity index is 2.31. The summed E-state index contributed by atoms with van der Waals surface area (Å²) in [5, 5.41) is 19.1. The Hall–Kier alpha value is -1.78. The number of anilines is 1. The first-order valence-corrected chi connectivity index (χ1v) is 8.22. The van der Waals surface area contributed by atoms with Crippen LogP contribution in [0.25, 0.3) is 0 Å². The van der Waals surface area contributed by atoms with E-state index < -0.39 is 21.6 Å². The SMILES string of the molecule is NS(=O)(=O)c1cccc([N+](=O)[O-])c1N[C@@H]1CCN(CCF)C1. The van der Waals surface area contributed by atoms with Crippen LogP contribution in [0.15, 0.2) is 23.1 Å². The average molecular weight is 332 g/mol. The smallest absolute Gasteiger partial charge is 0.293 e. The van der Waals surface area contributed by atoms with E-state index in [0.29, 0.717) is 19.5 Å². The molecular formula is C12H17FN4O4S. The van der Waals surface area contributed by atoms with Crippen LogP contribution in [0.2, 0.25) is 0 Å². The van der Waals surface area contributed by atoms with Crippen molar-refractivity contribution >= 4 is 21.4 Å². The van der Waals surface area contributed by atoms with Crippen LogP contribution in [-0.4, -0.2) is 50.6 Å². The number of nitrogens with zero attached hydrogens (tertiary/aromatic N) is 2. The van der Waals surface area contributed by atoms with Crippen molar-refractivity contribution in [3.05, 3.63) is 28.3 Å². The molecule has 0 radical (unpaired) electrons. The second kappa shape index (κ2) is 6.55. The number of primary sulfonamides is 1. The number of alkyl halides is 1. The summed E-state index contributed by atoms with van der Waals surface area (Å²) in [6.07, 6.45) is 0.635. The number of benzene rings is 1. The third-order valence-corrected chi connectivity index (χ3v) is 4.48. The molecule has 1 heterocycles. The van der Waals surface area contributed by atoms with Gasteiger partial charge in [0.25, 0.3) is 5.69 Å². The second-order valence-corrected chi connectivity index (χ2v) is 6.60. The Morgan fingerprint density at radius 1 is 1.50 bits per heavy atom. The highest BCUT2D eigenvalue weighted by Gasteiger charge is 2.28. The number of sulfonamides is 1. The van der Waals surface area contributed by atoms with E-state index in [2.05, 4.69) is 5.32 Å². The van der Waals surface area contributed by atoms with Gasteiger partial charge in [0.05, 0.1) is 4.92 Å². The Labute approximate surface area is 127 Å². The van der Waals surface area contributed by atoms with Gasteiger partial charge in [-0.05, 0) is 12.5 Å². The fourth-order valence-electron chi connectivity index (χ4n) is 2.53. The second-order valence-electron chi connectivity index (χ2n) is 5.07. The van der Waals surface area contributed by atoms with Crippen LogP contribution in [0.4, 0.5) is 15.8 Å². The van der Waals surface area contributed by atoms with E-state index >= 15 is 0 Å². The molecule has 1 aliphatic rings. The summed E-state index contributed by atoms with van der Waals surface area (Å²) in [5.74, 6) is 0. The van der Waals surface area contributed by atoms with E-state index in [9.17, 15) is 22.9 Å². The molecule has 0 unspecified atom stereocenters. The monoisotopic (exact) mass is 332 g/mol. The Morgan fingerprint density at radius 3 is 2.82 bits per heavy atom. The standard InChI is InChI=1S/C12H17FN4O4S/c13-5-7-16-6-4-9(8-16)15-12-10(17(18)19)2-1-3-11(12)22(14,20)21/h1-3,9,15H,4-8H2,(H2,14,20,21)/t9-/m1/s1. The molecule has 1 fully saturated rings. The molecule has 0 aromatic heterocycles. The van der Waals surface area contributed by atoms with Gasteiger partial charge in [-0.15, -0.1) is 0 Å². The number of para-hydroxylation sites is 1. The molecule has 1 saturated heterocycles. The first kappa shape index (κ1) is 16.6. The number of nitro benzene ring substituents is 1. The molecule has 1 aliphatic heterocycles. The predicted octanol–water partition coefficient (Wildman–Crippen LogP) is 0.698.